The lowest BCUT2D eigenvalue weighted by Crippen LogP contribution is -2.20. The standard InChI is InChI=1S/C16H21N3/c1-14-9-11-18-16(13-14)17-10-6-12-19(2)15-7-4-3-5-8-15/h3-5,7-9,11,13H,6,10,12H2,1-2H3,(H,17,18). The van der Waals surface area contributed by atoms with Crippen LogP contribution in [0.3, 0.4) is 0 Å². The third-order valence-electron chi connectivity index (χ3n) is 3.09. The fourth-order valence-corrected chi connectivity index (χ4v) is 1.98. The Morgan fingerprint density at radius 3 is 2.68 bits per heavy atom. The van der Waals surface area contributed by atoms with Crippen LogP contribution < -0.4 is 10.2 Å². The summed E-state index contributed by atoms with van der Waals surface area (Å²) in [5.41, 5.74) is 2.50. The summed E-state index contributed by atoms with van der Waals surface area (Å²) in [6.07, 6.45) is 2.93. The van der Waals surface area contributed by atoms with Gasteiger partial charge in [0.1, 0.15) is 5.82 Å². The number of pyridine rings is 1. The van der Waals surface area contributed by atoms with E-state index >= 15 is 0 Å². The molecule has 19 heavy (non-hydrogen) atoms. The van der Waals surface area contributed by atoms with Gasteiger partial charge in [-0.1, -0.05) is 18.2 Å². The fraction of sp³-hybridized carbons (Fsp3) is 0.312. The molecule has 1 aromatic heterocycles. The number of benzene rings is 1. The minimum atomic E-state index is 0.938. The van der Waals surface area contributed by atoms with Crippen LogP contribution in [0.25, 0.3) is 0 Å². The highest BCUT2D eigenvalue weighted by atomic mass is 15.1. The van der Waals surface area contributed by atoms with Gasteiger partial charge in [-0.05, 0) is 43.2 Å². The average Bonchev–Trinajstić information content (AvgIpc) is 2.44. The van der Waals surface area contributed by atoms with Crippen LogP contribution >= 0.6 is 0 Å². The quantitative estimate of drug-likeness (QED) is 0.802. The average molecular weight is 255 g/mol. The summed E-state index contributed by atoms with van der Waals surface area (Å²) in [5.74, 6) is 0.961. The lowest BCUT2D eigenvalue weighted by molar-refractivity contribution is 0.814. The maximum absolute atomic E-state index is 4.29. The molecule has 0 spiro atoms. The molecule has 0 aliphatic heterocycles. The van der Waals surface area contributed by atoms with Gasteiger partial charge in [-0.15, -0.1) is 0 Å². The minimum Gasteiger partial charge on any atom is -0.375 e. The van der Waals surface area contributed by atoms with Crippen LogP contribution in [-0.2, 0) is 0 Å². The van der Waals surface area contributed by atoms with Gasteiger partial charge < -0.3 is 10.2 Å². The molecule has 0 unspecified atom stereocenters. The van der Waals surface area contributed by atoms with Crippen LogP contribution in [0.15, 0.2) is 48.7 Å². The predicted octanol–water partition coefficient (Wildman–Crippen LogP) is 3.33. The number of nitrogens with one attached hydrogen (secondary N) is 1. The second-order valence-corrected chi connectivity index (χ2v) is 4.76. The van der Waals surface area contributed by atoms with Crippen molar-refractivity contribution in [3.63, 3.8) is 0 Å². The van der Waals surface area contributed by atoms with Crippen molar-refractivity contribution in [3.05, 3.63) is 54.2 Å². The molecule has 0 saturated heterocycles. The number of aryl methyl sites for hydroxylation is 1. The molecule has 2 rings (SSSR count). The highest BCUT2D eigenvalue weighted by molar-refractivity contribution is 5.45. The van der Waals surface area contributed by atoms with Crippen LogP contribution in [0.1, 0.15) is 12.0 Å². The first-order valence-corrected chi connectivity index (χ1v) is 6.68. The molecule has 100 valence electrons. The summed E-state index contributed by atoms with van der Waals surface area (Å²) >= 11 is 0. The van der Waals surface area contributed by atoms with Gasteiger partial charge in [-0.2, -0.15) is 0 Å². The first-order valence-electron chi connectivity index (χ1n) is 6.68. The van der Waals surface area contributed by atoms with Gasteiger partial charge in [-0.3, -0.25) is 0 Å². The van der Waals surface area contributed by atoms with Crippen molar-refractivity contribution < 1.29 is 0 Å². The van der Waals surface area contributed by atoms with Crippen LogP contribution in [0.5, 0.6) is 0 Å². The van der Waals surface area contributed by atoms with Crippen LogP contribution in [0, 0.1) is 6.92 Å². The summed E-state index contributed by atoms with van der Waals surface area (Å²) in [6.45, 7) is 4.05. The summed E-state index contributed by atoms with van der Waals surface area (Å²) in [5, 5.41) is 3.35. The molecule has 0 aliphatic rings. The van der Waals surface area contributed by atoms with Crippen molar-refractivity contribution in [2.75, 3.05) is 30.4 Å². The Hall–Kier alpha value is -2.03. The molecule has 1 N–H and O–H groups in total. The van der Waals surface area contributed by atoms with Crippen molar-refractivity contribution in [2.45, 2.75) is 13.3 Å². The number of para-hydroxylation sites is 1. The first kappa shape index (κ1) is 13.4. The highest BCUT2D eigenvalue weighted by Crippen LogP contribution is 2.11. The normalized spacial score (nSPS) is 10.2. The molecule has 1 aromatic carbocycles. The lowest BCUT2D eigenvalue weighted by Gasteiger charge is -2.19. The monoisotopic (exact) mass is 255 g/mol. The Labute approximate surface area is 115 Å². The number of aromatic nitrogens is 1. The third kappa shape index (κ3) is 4.28. The van der Waals surface area contributed by atoms with E-state index in [0.717, 1.165) is 25.3 Å². The molecule has 0 fully saturated rings. The van der Waals surface area contributed by atoms with E-state index in [4.69, 9.17) is 0 Å². The highest BCUT2D eigenvalue weighted by Gasteiger charge is 1.99. The number of hydrogen-bond donors (Lipinski definition) is 1. The zero-order valence-corrected chi connectivity index (χ0v) is 11.6. The lowest BCUT2D eigenvalue weighted by atomic mass is 10.3. The van der Waals surface area contributed by atoms with Gasteiger partial charge in [0.2, 0.25) is 0 Å². The van der Waals surface area contributed by atoms with E-state index in [0.29, 0.717) is 0 Å². The van der Waals surface area contributed by atoms with Crippen molar-refractivity contribution in [1.82, 2.24) is 4.98 Å². The smallest absolute Gasteiger partial charge is 0.126 e. The summed E-state index contributed by atoms with van der Waals surface area (Å²) in [4.78, 5) is 6.56. The van der Waals surface area contributed by atoms with E-state index in [2.05, 4.69) is 59.5 Å². The summed E-state index contributed by atoms with van der Waals surface area (Å²) in [6, 6.07) is 14.5. The number of hydrogen-bond acceptors (Lipinski definition) is 3. The zero-order valence-electron chi connectivity index (χ0n) is 11.6. The molecule has 2 aromatic rings. The van der Waals surface area contributed by atoms with Gasteiger partial charge in [0.05, 0.1) is 0 Å². The number of rotatable bonds is 6. The zero-order chi connectivity index (χ0) is 13.5. The van der Waals surface area contributed by atoms with Gasteiger partial charge in [0, 0.05) is 32.0 Å². The van der Waals surface area contributed by atoms with E-state index in [9.17, 15) is 0 Å². The molecule has 0 radical (unpaired) electrons. The van der Waals surface area contributed by atoms with Gasteiger partial charge in [-0.25, -0.2) is 4.98 Å². The molecule has 0 atom stereocenters. The molecule has 0 bridgehead atoms. The molecule has 0 aliphatic carbocycles. The Kier molecular flexibility index (Phi) is 4.78. The van der Waals surface area contributed by atoms with E-state index in [1.807, 2.05) is 18.3 Å². The SMILES string of the molecule is Cc1ccnc(NCCCN(C)c2ccccc2)c1. The topological polar surface area (TPSA) is 28.2 Å². The third-order valence-corrected chi connectivity index (χ3v) is 3.09. The molecule has 0 amide bonds. The van der Waals surface area contributed by atoms with Crippen molar-refractivity contribution in [2.24, 2.45) is 0 Å². The maximum Gasteiger partial charge on any atom is 0.126 e. The maximum atomic E-state index is 4.29. The Morgan fingerprint density at radius 1 is 1.16 bits per heavy atom. The largest absolute Gasteiger partial charge is 0.375 e. The molecule has 1 heterocycles. The van der Waals surface area contributed by atoms with Crippen molar-refractivity contribution in [3.8, 4) is 0 Å². The Balaban J connectivity index is 1.72. The molecular weight excluding hydrogens is 234 g/mol. The molecule has 3 heteroatoms. The molecule has 0 saturated carbocycles. The number of nitrogens with zero attached hydrogens (tertiary/aromatic N) is 2. The fourth-order valence-electron chi connectivity index (χ4n) is 1.98. The van der Waals surface area contributed by atoms with Gasteiger partial charge in [0.25, 0.3) is 0 Å². The van der Waals surface area contributed by atoms with Gasteiger partial charge in [0.15, 0.2) is 0 Å². The van der Waals surface area contributed by atoms with Crippen LogP contribution in [-0.4, -0.2) is 25.1 Å². The minimum absolute atomic E-state index is 0.938. The van der Waals surface area contributed by atoms with E-state index in [1.54, 1.807) is 0 Å². The van der Waals surface area contributed by atoms with Crippen molar-refractivity contribution in [1.29, 1.82) is 0 Å². The second kappa shape index (κ2) is 6.78. The number of anilines is 2. The second-order valence-electron chi connectivity index (χ2n) is 4.76. The van der Waals surface area contributed by atoms with Crippen LogP contribution in [0.2, 0.25) is 0 Å². The van der Waals surface area contributed by atoms with Gasteiger partial charge >= 0.3 is 0 Å². The predicted molar refractivity (Wildman–Crippen MR) is 81.8 cm³/mol. The first-order chi connectivity index (χ1) is 9.25. The van der Waals surface area contributed by atoms with E-state index in [-0.39, 0.29) is 0 Å². The Bertz CT molecular complexity index is 496. The summed E-state index contributed by atoms with van der Waals surface area (Å²) < 4.78 is 0. The van der Waals surface area contributed by atoms with E-state index < -0.39 is 0 Å². The molecule has 3 nitrogen and oxygen atoms in total. The summed E-state index contributed by atoms with van der Waals surface area (Å²) in [7, 11) is 2.13. The molecular formula is C16H21N3. The van der Waals surface area contributed by atoms with Crippen LogP contribution in [0.4, 0.5) is 11.5 Å². The Morgan fingerprint density at radius 2 is 1.95 bits per heavy atom. The van der Waals surface area contributed by atoms with E-state index in [1.165, 1.54) is 11.3 Å². The van der Waals surface area contributed by atoms with Crippen molar-refractivity contribution >= 4 is 11.5 Å².